The van der Waals surface area contributed by atoms with Crippen molar-refractivity contribution in [3.05, 3.63) is 60.7 Å². The minimum atomic E-state index is -2.94. The molecule has 2 saturated heterocycles. The Bertz CT molecular complexity index is 1170. The fourth-order valence-electron chi connectivity index (χ4n) is 5.99. The van der Waals surface area contributed by atoms with Crippen molar-refractivity contribution < 1.29 is 23.5 Å². The van der Waals surface area contributed by atoms with Gasteiger partial charge in [0.25, 0.3) is 14.2 Å². The second kappa shape index (κ2) is 10.4. The zero-order chi connectivity index (χ0) is 28.6. The first kappa shape index (κ1) is 28.8. The molecule has 0 aromatic heterocycles. The van der Waals surface area contributed by atoms with E-state index in [4.69, 9.17) is 14.9 Å². The molecule has 210 valence electrons. The van der Waals surface area contributed by atoms with E-state index in [1.807, 2.05) is 36.4 Å². The molecule has 2 heterocycles. The Morgan fingerprint density at radius 1 is 0.974 bits per heavy atom. The molecule has 2 N–H and O–H groups in total. The predicted octanol–water partition coefficient (Wildman–Crippen LogP) is 3.03. The summed E-state index contributed by atoms with van der Waals surface area (Å²) in [5, 5.41) is 1.85. The Morgan fingerprint density at radius 3 is 1.95 bits per heavy atom. The van der Waals surface area contributed by atoms with E-state index in [0.29, 0.717) is 19.4 Å². The van der Waals surface area contributed by atoms with E-state index in [1.54, 1.807) is 20.8 Å². The summed E-state index contributed by atoms with van der Waals surface area (Å²) in [6, 6.07) is 19.3. The van der Waals surface area contributed by atoms with Crippen molar-refractivity contribution in [2.45, 2.75) is 76.6 Å². The van der Waals surface area contributed by atoms with E-state index in [0.717, 1.165) is 10.4 Å². The second-order valence-corrected chi connectivity index (χ2v) is 16.9. The maximum atomic E-state index is 13.7. The second-order valence-electron chi connectivity index (χ2n) is 12.6. The Hall–Kier alpha value is -3.17. The smallest absolute Gasteiger partial charge is 0.411 e. The van der Waals surface area contributed by atoms with Crippen molar-refractivity contribution in [3.8, 4) is 0 Å². The van der Waals surface area contributed by atoms with Gasteiger partial charge in [-0.15, -0.1) is 0 Å². The molecule has 2 atom stereocenters. The number of hydrogen-bond donors (Lipinski definition) is 1. The summed E-state index contributed by atoms with van der Waals surface area (Å²) in [7, 11) is -2.94. The number of nitrogens with zero attached hydrogens (tertiary/aromatic N) is 2. The van der Waals surface area contributed by atoms with E-state index in [-0.39, 0.29) is 24.1 Å². The normalized spacial score (nSPS) is 20.6. The van der Waals surface area contributed by atoms with Crippen molar-refractivity contribution in [3.63, 3.8) is 0 Å². The molecule has 9 heteroatoms. The molecule has 0 bridgehead atoms. The molecule has 0 aliphatic carbocycles. The van der Waals surface area contributed by atoms with E-state index >= 15 is 0 Å². The van der Waals surface area contributed by atoms with Crippen LogP contribution in [-0.2, 0) is 18.8 Å². The molecule has 0 radical (unpaired) electrons. The first-order valence-corrected chi connectivity index (χ1v) is 15.5. The average molecular weight is 552 g/mol. The zero-order valence-corrected chi connectivity index (χ0v) is 24.9. The molecule has 2 fully saturated rings. The number of nitrogens with two attached hydrogens (primary N) is 1. The lowest BCUT2D eigenvalue weighted by molar-refractivity contribution is -0.168. The van der Waals surface area contributed by atoms with Crippen LogP contribution in [0.15, 0.2) is 60.7 Å². The molecule has 2 aromatic rings. The molecule has 2 aromatic carbocycles. The molecule has 4 rings (SSSR count). The van der Waals surface area contributed by atoms with Crippen LogP contribution in [0.25, 0.3) is 0 Å². The Morgan fingerprint density at radius 2 is 1.51 bits per heavy atom. The third-order valence-corrected chi connectivity index (χ3v) is 12.8. The molecule has 8 nitrogen and oxygen atoms in total. The number of β-lactam (4-membered cyclic amide) rings is 1. The first-order chi connectivity index (χ1) is 18.2. The number of carbonyl (C=O) groups is 3. The summed E-state index contributed by atoms with van der Waals surface area (Å²) >= 11 is 0. The van der Waals surface area contributed by atoms with Crippen LogP contribution in [0.1, 0.15) is 54.4 Å². The standard InChI is InChI=1S/C30H41N3O5Si/c1-28(2,3)38-27(36)33-19-13-18-30(33)21-32(26(30)35)24(25(31)34)20-37-39(29(4,5)6,22-14-9-7-10-15-22)23-16-11-8-12-17-23/h7-12,14-17,24H,13,18-21H2,1-6H3,(H2,31,34). The van der Waals surface area contributed by atoms with Gasteiger partial charge in [0.2, 0.25) is 5.91 Å². The highest BCUT2D eigenvalue weighted by atomic mass is 28.4. The van der Waals surface area contributed by atoms with Crippen LogP contribution in [0.3, 0.4) is 0 Å². The number of rotatable bonds is 7. The Balaban J connectivity index is 1.63. The summed E-state index contributed by atoms with van der Waals surface area (Å²) < 4.78 is 12.5. The van der Waals surface area contributed by atoms with Crippen LogP contribution in [0, 0.1) is 0 Å². The Labute approximate surface area is 232 Å². The molecule has 39 heavy (non-hydrogen) atoms. The fourth-order valence-corrected chi connectivity index (χ4v) is 10.6. The predicted molar refractivity (Wildman–Crippen MR) is 153 cm³/mol. The molecular formula is C30H41N3O5Si. The quantitative estimate of drug-likeness (QED) is 0.421. The minimum Gasteiger partial charge on any atom is -0.444 e. The molecule has 0 saturated carbocycles. The van der Waals surface area contributed by atoms with Crippen molar-refractivity contribution >= 4 is 36.6 Å². The van der Waals surface area contributed by atoms with Crippen molar-refractivity contribution in [1.82, 2.24) is 9.80 Å². The van der Waals surface area contributed by atoms with Gasteiger partial charge in [-0.25, -0.2) is 4.79 Å². The monoisotopic (exact) mass is 551 g/mol. The van der Waals surface area contributed by atoms with E-state index < -0.39 is 37.5 Å². The number of primary amides is 1. The van der Waals surface area contributed by atoms with Crippen molar-refractivity contribution in [1.29, 1.82) is 0 Å². The van der Waals surface area contributed by atoms with Gasteiger partial charge in [-0.05, 0) is 49.0 Å². The van der Waals surface area contributed by atoms with Gasteiger partial charge in [-0.1, -0.05) is 81.4 Å². The number of carbonyl (C=O) groups excluding carboxylic acids is 3. The first-order valence-electron chi connectivity index (χ1n) is 13.6. The maximum absolute atomic E-state index is 13.7. The van der Waals surface area contributed by atoms with Gasteiger partial charge in [-0.3, -0.25) is 14.5 Å². The highest BCUT2D eigenvalue weighted by Crippen LogP contribution is 2.42. The number of benzene rings is 2. The molecular weight excluding hydrogens is 510 g/mol. The van der Waals surface area contributed by atoms with Crippen LogP contribution >= 0.6 is 0 Å². The summed E-state index contributed by atoms with van der Waals surface area (Å²) in [6.07, 6.45) is 0.716. The highest BCUT2D eigenvalue weighted by molar-refractivity contribution is 6.99. The summed E-state index contributed by atoms with van der Waals surface area (Å²) in [5.74, 6) is -0.904. The van der Waals surface area contributed by atoms with Crippen LogP contribution in [0.2, 0.25) is 5.04 Å². The maximum Gasteiger partial charge on any atom is 0.411 e. The fraction of sp³-hybridized carbons (Fsp3) is 0.500. The van der Waals surface area contributed by atoms with Crippen LogP contribution in [0.4, 0.5) is 4.79 Å². The van der Waals surface area contributed by atoms with Crippen molar-refractivity contribution in [2.24, 2.45) is 5.73 Å². The van der Waals surface area contributed by atoms with Gasteiger partial charge in [0, 0.05) is 6.54 Å². The van der Waals surface area contributed by atoms with Crippen LogP contribution in [0.5, 0.6) is 0 Å². The minimum absolute atomic E-state index is 0.0309. The van der Waals surface area contributed by atoms with Gasteiger partial charge in [-0.2, -0.15) is 0 Å². The lowest BCUT2D eigenvalue weighted by atomic mass is 9.84. The van der Waals surface area contributed by atoms with Crippen molar-refractivity contribution in [2.75, 3.05) is 19.7 Å². The number of ether oxygens (including phenoxy) is 1. The third kappa shape index (κ3) is 5.22. The Kier molecular flexibility index (Phi) is 7.71. The summed E-state index contributed by atoms with van der Waals surface area (Å²) in [4.78, 5) is 42.4. The number of likely N-dealkylation sites (tertiary alicyclic amines) is 2. The largest absolute Gasteiger partial charge is 0.444 e. The molecule has 2 aliphatic heterocycles. The third-order valence-electron chi connectivity index (χ3n) is 7.77. The van der Waals surface area contributed by atoms with E-state index in [1.165, 1.54) is 9.80 Å². The van der Waals surface area contributed by atoms with Crippen LogP contribution in [-0.4, -0.2) is 72.9 Å². The zero-order valence-electron chi connectivity index (χ0n) is 23.9. The van der Waals surface area contributed by atoms with Gasteiger partial charge >= 0.3 is 6.09 Å². The van der Waals surface area contributed by atoms with Gasteiger partial charge in [0.1, 0.15) is 17.2 Å². The summed E-state index contributed by atoms with van der Waals surface area (Å²) in [6.45, 7) is 12.5. The van der Waals surface area contributed by atoms with Crippen LogP contribution < -0.4 is 16.1 Å². The number of amides is 3. The highest BCUT2D eigenvalue weighted by Gasteiger charge is 2.62. The summed E-state index contributed by atoms with van der Waals surface area (Å²) in [5.41, 5.74) is 4.22. The molecule has 1 spiro atoms. The SMILES string of the molecule is CC(C)(C)OC(=O)N1CCCC12CN(C(CO[Si](c1ccccc1)(c1ccccc1)C(C)(C)C)C(N)=O)C2=O. The van der Waals surface area contributed by atoms with Gasteiger partial charge in [0.05, 0.1) is 13.2 Å². The van der Waals surface area contributed by atoms with Gasteiger partial charge in [0.15, 0.2) is 0 Å². The van der Waals surface area contributed by atoms with Gasteiger partial charge < -0.3 is 19.8 Å². The number of hydrogen-bond acceptors (Lipinski definition) is 5. The lowest BCUT2D eigenvalue weighted by Crippen LogP contribution is -2.77. The molecule has 3 amide bonds. The topological polar surface area (TPSA) is 102 Å². The molecule has 2 aliphatic rings. The average Bonchev–Trinajstić information content (AvgIpc) is 3.32. The van der Waals surface area contributed by atoms with E-state index in [2.05, 4.69) is 45.0 Å². The molecule has 2 unspecified atom stereocenters. The lowest BCUT2D eigenvalue weighted by Gasteiger charge is -2.53. The van der Waals surface area contributed by atoms with E-state index in [9.17, 15) is 14.4 Å².